The maximum absolute atomic E-state index is 12.8. The summed E-state index contributed by atoms with van der Waals surface area (Å²) in [4.78, 5) is 7.23. The zero-order chi connectivity index (χ0) is 22.2. The summed E-state index contributed by atoms with van der Waals surface area (Å²) in [6.07, 6.45) is -1.19. The Hall–Kier alpha value is -3.37. The van der Waals surface area contributed by atoms with Crippen LogP contribution in [0.2, 0.25) is 0 Å². The van der Waals surface area contributed by atoms with E-state index in [1.807, 2.05) is 0 Å². The highest BCUT2D eigenvalue weighted by molar-refractivity contribution is 7.89. The van der Waals surface area contributed by atoms with Crippen LogP contribution < -0.4 is 9.46 Å². The van der Waals surface area contributed by atoms with Gasteiger partial charge in [0.05, 0.1) is 10.5 Å². The van der Waals surface area contributed by atoms with Crippen LogP contribution in [-0.4, -0.2) is 25.4 Å². The van der Waals surface area contributed by atoms with Crippen molar-refractivity contribution in [3.63, 3.8) is 0 Å². The first-order chi connectivity index (χ1) is 14.7. The van der Waals surface area contributed by atoms with Crippen molar-refractivity contribution < 1.29 is 26.3 Å². The van der Waals surface area contributed by atoms with Crippen molar-refractivity contribution in [1.82, 2.24) is 14.7 Å². The summed E-state index contributed by atoms with van der Waals surface area (Å²) in [5.41, 5.74) is 0.906. The summed E-state index contributed by atoms with van der Waals surface area (Å²) in [6, 6.07) is 12.1. The minimum absolute atomic E-state index is 0.0188. The number of sulfonamides is 1. The third-order valence-electron chi connectivity index (χ3n) is 4.69. The van der Waals surface area contributed by atoms with Crippen LogP contribution in [0, 0.1) is 0 Å². The first-order valence-corrected chi connectivity index (χ1v) is 10.5. The van der Waals surface area contributed by atoms with Crippen molar-refractivity contribution in [2.75, 3.05) is 7.05 Å². The van der Waals surface area contributed by atoms with Crippen molar-refractivity contribution >= 4 is 21.1 Å². The normalized spacial score (nSPS) is 12.3. The number of aromatic nitrogens is 2. The van der Waals surface area contributed by atoms with Crippen LogP contribution in [0.1, 0.15) is 5.56 Å². The molecule has 0 spiro atoms. The SMILES string of the molecule is CNS(=O)(=O)c1ccc(Oc2ccc(C(F)(F)F)cc2)c(-c2ccnc3[nH]ccc23)c1. The lowest BCUT2D eigenvalue weighted by molar-refractivity contribution is -0.137. The molecule has 4 aromatic rings. The molecule has 0 fully saturated rings. The number of rotatable bonds is 5. The molecule has 2 aromatic carbocycles. The van der Waals surface area contributed by atoms with Gasteiger partial charge in [-0.15, -0.1) is 0 Å². The predicted molar refractivity (Wildman–Crippen MR) is 109 cm³/mol. The molecular weight excluding hydrogens is 431 g/mol. The molecule has 0 aliphatic heterocycles. The average molecular weight is 447 g/mol. The molecule has 0 atom stereocenters. The number of hydrogen-bond acceptors (Lipinski definition) is 4. The van der Waals surface area contributed by atoms with E-state index in [4.69, 9.17) is 4.74 Å². The van der Waals surface area contributed by atoms with Gasteiger partial charge in [0.2, 0.25) is 10.0 Å². The molecule has 0 saturated carbocycles. The number of pyridine rings is 1. The molecule has 10 heteroatoms. The number of fused-ring (bicyclic) bond motifs is 1. The number of ether oxygens (including phenoxy) is 1. The summed E-state index contributed by atoms with van der Waals surface area (Å²) >= 11 is 0. The van der Waals surface area contributed by atoms with Crippen molar-refractivity contribution in [2.24, 2.45) is 0 Å². The minimum Gasteiger partial charge on any atom is -0.457 e. The fraction of sp³-hybridized carbons (Fsp3) is 0.0952. The maximum Gasteiger partial charge on any atom is 0.416 e. The lowest BCUT2D eigenvalue weighted by atomic mass is 10.0. The van der Waals surface area contributed by atoms with Gasteiger partial charge in [-0.25, -0.2) is 18.1 Å². The van der Waals surface area contributed by atoms with Gasteiger partial charge in [-0.3, -0.25) is 0 Å². The third-order valence-corrected chi connectivity index (χ3v) is 6.10. The second-order valence-corrected chi connectivity index (χ2v) is 8.47. The molecule has 0 radical (unpaired) electrons. The van der Waals surface area contributed by atoms with E-state index in [0.717, 1.165) is 17.5 Å². The predicted octanol–water partition coefficient (Wildman–Crippen LogP) is 4.95. The summed E-state index contributed by atoms with van der Waals surface area (Å²) in [6.45, 7) is 0. The number of hydrogen-bond donors (Lipinski definition) is 2. The van der Waals surface area contributed by atoms with Crippen LogP contribution in [-0.2, 0) is 16.2 Å². The fourth-order valence-electron chi connectivity index (χ4n) is 3.13. The van der Waals surface area contributed by atoms with Gasteiger partial charge in [0, 0.05) is 23.3 Å². The number of nitrogens with one attached hydrogen (secondary N) is 2. The Kier molecular flexibility index (Phi) is 5.19. The Morgan fingerprint density at radius 2 is 1.74 bits per heavy atom. The van der Waals surface area contributed by atoms with Gasteiger partial charge in [0.15, 0.2) is 0 Å². The fourth-order valence-corrected chi connectivity index (χ4v) is 3.88. The summed E-state index contributed by atoms with van der Waals surface area (Å²) in [7, 11) is -2.43. The summed E-state index contributed by atoms with van der Waals surface area (Å²) < 4.78 is 71.2. The first-order valence-electron chi connectivity index (χ1n) is 9.04. The van der Waals surface area contributed by atoms with Gasteiger partial charge in [-0.1, -0.05) is 0 Å². The Balaban J connectivity index is 1.83. The second kappa shape index (κ2) is 7.71. The highest BCUT2D eigenvalue weighted by atomic mass is 32.2. The smallest absolute Gasteiger partial charge is 0.416 e. The number of halogens is 3. The van der Waals surface area contributed by atoms with Gasteiger partial charge in [-0.2, -0.15) is 13.2 Å². The largest absolute Gasteiger partial charge is 0.457 e. The van der Waals surface area contributed by atoms with Crippen LogP contribution in [0.5, 0.6) is 11.5 Å². The number of nitrogens with zero attached hydrogens (tertiary/aromatic N) is 1. The Labute approximate surface area is 175 Å². The van der Waals surface area contributed by atoms with E-state index in [2.05, 4.69) is 14.7 Å². The van der Waals surface area contributed by atoms with Crippen LogP contribution >= 0.6 is 0 Å². The van der Waals surface area contributed by atoms with Crippen molar-refractivity contribution in [2.45, 2.75) is 11.1 Å². The van der Waals surface area contributed by atoms with Crippen molar-refractivity contribution in [3.05, 3.63) is 72.6 Å². The summed E-state index contributed by atoms with van der Waals surface area (Å²) in [5, 5.41) is 0.735. The Morgan fingerprint density at radius 1 is 1.00 bits per heavy atom. The third kappa shape index (κ3) is 4.12. The Bertz CT molecular complexity index is 1350. The molecule has 6 nitrogen and oxygen atoms in total. The lowest BCUT2D eigenvalue weighted by Gasteiger charge is -2.15. The van der Waals surface area contributed by atoms with Gasteiger partial charge < -0.3 is 9.72 Å². The second-order valence-electron chi connectivity index (χ2n) is 6.59. The molecule has 0 aliphatic rings. The zero-order valence-electron chi connectivity index (χ0n) is 16.1. The van der Waals surface area contributed by atoms with E-state index in [9.17, 15) is 21.6 Å². The minimum atomic E-state index is -4.45. The van der Waals surface area contributed by atoms with E-state index in [0.29, 0.717) is 16.8 Å². The summed E-state index contributed by atoms with van der Waals surface area (Å²) in [5.74, 6) is 0.460. The number of alkyl halides is 3. The van der Waals surface area contributed by atoms with E-state index in [1.54, 1.807) is 24.5 Å². The Morgan fingerprint density at radius 3 is 2.42 bits per heavy atom. The van der Waals surface area contributed by atoms with Crippen LogP contribution in [0.4, 0.5) is 13.2 Å². The van der Waals surface area contributed by atoms with E-state index < -0.39 is 21.8 Å². The molecule has 31 heavy (non-hydrogen) atoms. The molecular formula is C21H16F3N3O3S. The number of aromatic amines is 1. The molecule has 0 unspecified atom stereocenters. The molecule has 2 N–H and O–H groups in total. The molecule has 0 aliphatic carbocycles. The van der Waals surface area contributed by atoms with Crippen molar-refractivity contribution in [3.8, 4) is 22.6 Å². The number of benzene rings is 2. The lowest BCUT2D eigenvalue weighted by Crippen LogP contribution is -2.18. The van der Waals surface area contributed by atoms with Crippen LogP contribution in [0.25, 0.3) is 22.2 Å². The van der Waals surface area contributed by atoms with Gasteiger partial charge in [0.25, 0.3) is 0 Å². The first kappa shape index (κ1) is 20.9. The average Bonchev–Trinajstić information content (AvgIpc) is 3.23. The molecule has 2 aromatic heterocycles. The zero-order valence-corrected chi connectivity index (χ0v) is 16.9. The van der Waals surface area contributed by atoms with Gasteiger partial charge in [0.1, 0.15) is 17.1 Å². The standard InChI is InChI=1S/C21H16F3N3O3S/c1-25-31(28,29)15-6-7-19(30-14-4-2-13(3-5-14)21(22,23)24)18(12-15)16-8-10-26-20-17(16)9-11-27-20/h2-12,25H,1H3,(H,26,27). The molecule has 4 rings (SSSR count). The van der Waals surface area contributed by atoms with E-state index in [1.165, 1.54) is 37.4 Å². The molecule has 2 heterocycles. The van der Waals surface area contributed by atoms with Gasteiger partial charge in [-0.05, 0) is 67.2 Å². The highest BCUT2D eigenvalue weighted by Crippen LogP contribution is 2.39. The monoisotopic (exact) mass is 447 g/mol. The van der Waals surface area contributed by atoms with E-state index >= 15 is 0 Å². The molecule has 0 amide bonds. The molecule has 160 valence electrons. The van der Waals surface area contributed by atoms with Crippen molar-refractivity contribution in [1.29, 1.82) is 0 Å². The molecule has 0 saturated heterocycles. The van der Waals surface area contributed by atoms with Gasteiger partial charge >= 0.3 is 6.18 Å². The maximum atomic E-state index is 12.8. The number of H-pyrrole nitrogens is 1. The van der Waals surface area contributed by atoms with Crippen LogP contribution in [0.3, 0.4) is 0 Å². The molecule has 0 bridgehead atoms. The topological polar surface area (TPSA) is 84.1 Å². The quantitative estimate of drug-likeness (QED) is 0.454. The van der Waals surface area contributed by atoms with E-state index in [-0.39, 0.29) is 16.4 Å². The highest BCUT2D eigenvalue weighted by Gasteiger charge is 2.30. The van der Waals surface area contributed by atoms with Crippen LogP contribution in [0.15, 0.2) is 71.9 Å².